The molecule has 1 saturated heterocycles. The Balaban J connectivity index is 1.37. The molecule has 3 aromatic rings. The van der Waals surface area contributed by atoms with Crippen LogP contribution in [0.3, 0.4) is 0 Å². The van der Waals surface area contributed by atoms with Gasteiger partial charge in [0.05, 0.1) is 11.1 Å². The second-order valence-corrected chi connectivity index (χ2v) is 9.98. The molecule has 180 valence electrons. The number of rotatable bonds is 5. The first-order valence-corrected chi connectivity index (χ1v) is 13.0. The third-order valence-corrected chi connectivity index (χ3v) is 7.82. The number of aromatic nitrogens is 2. The van der Waals surface area contributed by atoms with Crippen molar-refractivity contribution in [2.75, 3.05) is 49.5 Å². The third-order valence-electron chi connectivity index (χ3n) is 6.71. The van der Waals surface area contributed by atoms with E-state index in [0.717, 1.165) is 55.4 Å². The lowest BCUT2D eigenvalue weighted by molar-refractivity contribution is 0.208. The first-order chi connectivity index (χ1) is 16.6. The van der Waals surface area contributed by atoms with Crippen LogP contribution in [0.1, 0.15) is 36.5 Å². The maximum atomic E-state index is 13.9. The number of benzene rings is 1. The van der Waals surface area contributed by atoms with E-state index >= 15 is 0 Å². The minimum atomic E-state index is -0.426. The second-order valence-electron chi connectivity index (χ2n) is 8.90. The minimum absolute atomic E-state index is 0.211. The van der Waals surface area contributed by atoms with E-state index in [-0.39, 0.29) is 11.7 Å². The first-order valence-electron chi connectivity index (χ1n) is 12.2. The number of halogens is 1. The van der Waals surface area contributed by atoms with Crippen LogP contribution in [0, 0.1) is 5.82 Å². The SMILES string of the molecule is CCCc1nc(N2CCN(C(=O)Nc3ccccc3F)CC2)c2c3c(sc2n1)CN(CC)CC3. The lowest BCUT2D eigenvalue weighted by Gasteiger charge is -2.36. The largest absolute Gasteiger partial charge is 0.352 e. The van der Waals surface area contributed by atoms with Gasteiger partial charge in [-0.2, -0.15) is 0 Å². The van der Waals surface area contributed by atoms with E-state index in [1.54, 1.807) is 23.1 Å². The van der Waals surface area contributed by atoms with Gasteiger partial charge in [-0.15, -0.1) is 11.3 Å². The number of carbonyl (C=O) groups is 1. The predicted molar refractivity (Wildman–Crippen MR) is 135 cm³/mol. The van der Waals surface area contributed by atoms with E-state index in [0.29, 0.717) is 26.2 Å². The van der Waals surface area contributed by atoms with Gasteiger partial charge >= 0.3 is 6.03 Å². The Bertz CT molecular complexity index is 1190. The van der Waals surface area contributed by atoms with Crippen molar-refractivity contribution in [1.82, 2.24) is 19.8 Å². The van der Waals surface area contributed by atoms with Crippen LogP contribution in [-0.2, 0) is 19.4 Å². The van der Waals surface area contributed by atoms with E-state index in [2.05, 4.69) is 29.0 Å². The summed E-state index contributed by atoms with van der Waals surface area (Å²) in [5.74, 6) is 1.49. The number of likely N-dealkylation sites (N-methyl/N-ethyl adjacent to an activating group) is 1. The number of hydrogen-bond acceptors (Lipinski definition) is 6. The summed E-state index contributed by atoms with van der Waals surface area (Å²) >= 11 is 1.82. The fraction of sp³-hybridized carbons (Fsp3) is 0.480. The van der Waals surface area contributed by atoms with Crippen LogP contribution in [0.15, 0.2) is 24.3 Å². The molecule has 0 bridgehead atoms. The number of urea groups is 1. The summed E-state index contributed by atoms with van der Waals surface area (Å²) in [5, 5.41) is 3.91. The van der Waals surface area contributed by atoms with Crippen molar-refractivity contribution in [3.8, 4) is 0 Å². The zero-order valence-corrected chi connectivity index (χ0v) is 20.6. The van der Waals surface area contributed by atoms with Gasteiger partial charge in [-0.05, 0) is 37.1 Å². The van der Waals surface area contributed by atoms with E-state index in [9.17, 15) is 9.18 Å². The number of fused-ring (bicyclic) bond motifs is 3. The molecule has 0 spiro atoms. The number of para-hydroxylation sites is 1. The Morgan fingerprint density at radius 3 is 2.65 bits per heavy atom. The Morgan fingerprint density at radius 1 is 1.12 bits per heavy atom. The maximum Gasteiger partial charge on any atom is 0.322 e. The van der Waals surface area contributed by atoms with Gasteiger partial charge in [0.2, 0.25) is 0 Å². The number of amides is 2. The summed E-state index contributed by atoms with van der Waals surface area (Å²) in [4.78, 5) is 31.7. The number of carbonyl (C=O) groups excluding carboxylic acids is 1. The van der Waals surface area contributed by atoms with Crippen molar-refractivity contribution < 1.29 is 9.18 Å². The van der Waals surface area contributed by atoms with Gasteiger partial charge in [0.1, 0.15) is 22.3 Å². The topological polar surface area (TPSA) is 64.6 Å². The molecule has 4 heterocycles. The molecule has 1 N–H and O–H groups in total. The number of piperazine rings is 1. The highest BCUT2D eigenvalue weighted by atomic mass is 32.1. The normalized spacial score (nSPS) is 16.7. The highest BCUT2D eigenvalue weighted by Gasteiger charge is 2.28. The van der Waals surface area contributed by atoms with Crippen molar-refractivity contribution in [1.29, 1.82) is 0 Å². The van der Waals surface area contributed by atoms with E-state index in [4.69, 9.17) is 9.97 Å². The molecule has 1 fully saturated rings. The Labute approximate surface area is 203 Å². The molecule has 7 nitrogen and oxygen atoms in total. The monoisotopic (exact) mass is 482 g/mol. The summed E-state index contributed by atoms with van der Waals surface area (Å²) in [5.41, 5.74) is 1.62. The average Bonchev–Trinajstić information content (AvgIpc) is 3.22. The van der Waals surface area contributed by atoms with Crippen LogP contribution >= 0.6 is 11.3 Å². The van der Waals surface area contributed by atoms with Gasteiger partial charge in [0.15, 0.2) is 0 Å². The molecule has 1 aromatic carbocycles. The van der Waals surface area contributed by atoms with Gasteiger partial charge in [-0.1, -0.05) is 26.0 Å². The van der Waals surface area contributed by atoms with Crippen LogP contribution < -0.4 is 10.2 Å². The molecule has 2 aliphatic rings. The van der Waals surface area contributed by atoms with Crippen molar-refractivity contribution in [2.24, 2.45) is 0 Å². The van der Waals surface area contributed by atoms with Crippen LogP contribution in [-0.4, -0.2) is 65.1 Å². The lowest BCUT2D eigenvalue weighted by atomic mass is 10.0. The summed E-state index contributed by atoms with van der Waals surface area (Å²) in [6.45, 7) is 9.97. The van der Waals surface area contributed by atoms with Crippen LogP contribution in [0.4, 0.5) is 20.7 Å². The quantitative estimate of drug-likeness (QED) is 0.580. The van der Waals surface area contributed by atoms with Crippen molar-refractivity contribution in [3.05, 3.63) is 46.3 Å². The summed E-state index contributed by atoms with van der Waals surface area (Å²) < 4.78 is 13.9. The Hall–Kier alpha value is -2.78. The van der Waals surface area contributed by atoms with E-state index in [1.165, 1.54) is 21.9 Å². The number of nitrogens with one attached hydrogen (secondary N) is 1. The molecule has 0 radical (unpaired) electrons. The number of hydrogen-bond donors (Lipinski definition) is 1. The highest BCUT2D eigenvalue weighted by Crippen LogP contribution is 2.39. The molecule has 5 rings (SSSR count). The molecular weight excluding hydrogens is 451 g/mol. The van der Waals surface area contributed by atoms with Gasteiger partial charge in [-0.25, -0.2) is 19.2 Å². The highest BCUT2D eigenvalue weighted by molar-refractivity contribution is 7.19. The van der Waals surface area contributed by atoms with Gasteiger partial charge in [0, 0.05) is 50.6 Å². The number of aryl methyl sites for hydroxylation is 1. The molecule has 34 heavy (non-hydrogen) atoms. The molecule has 0 atom stereocenters. The maximum absolute atomic E-state index is 13.9. The molecule has 0 aliphatic carbocycles. The number of thiophene rings is 1. The Morgan fingerprint density at radius 2 is 1.91 bits per heavy atom. The molecule has 2 aliphatic heterocycles. The summed E-state index contributed by atoms with van der Waals surface area (Å²) in [6, 6.07) is 5.99. The second kappa shape index (κ2) is 9.84. The number of nitrogens with zero attached hydrogens (tertiary/aromatic N) is 5. The smallest absolute Gasteiger partial charge is 0.322 e. The molecular formula is C25H31FN6OS. The van der Waals surface area contributed by atoms with E-state index in [1.807, 2.05) is 11.3 Å². The summed E-state index contributed by atoms with van der Waals surface area (Å²) in [6.07, 6.45) is 2.89. The van der Waals surface area contributed by atoms with Crippen LogP contribution in [0.25, 0.3) is 10.2 Å². The van der Waals surface area contributed by atoms with E-state index < -0.39 is 5.82 Å². The molecule has 2 amide bonds. The third kappa shape index (κ3) is 4.46. The molecule has 0 unspecified atom stereocenters. The fourth-order valence-corrected chi connectivity index (χ4v) is 6.06. The van der Waals surface area contributed by atoms with Crippen molar-refractivity contribution in [3.63, 3.8) is 0 Å². The lowest BCUT2D eigenvalue weighted by Crippen LogP contribution is -2.50. The van der Waals surface area contributed by atoms with Crippen LogP contribution in [0.5, 0.6) is 0 Å². The summed E-state index contributed by atoms with van der Waals surface area (Å²) in [7, 11) is 0. The van der Waals surface area contributed by atoms with Gasteiger partial charge in [0.25, 0.3) is 0 Å². The van der Waals surface area contributed by atoms with Gasteiger partial charge in [-0.3, -0.25) is 4.90 Å². The first kappa shape index (κ1) is 23.0. The molecule has 9 heteroatoms. The predicted octanol–water partition coefficient (Wildman–Crippen LogP) is 4.52. The fourth-order valence-electron chi connectivity index (χ4n) is 4.78. The molecule has 2 aromatic heterocycles. The number of anilines is 2. The minimum Gasteiger partial charge on any atom is -0.352 e. The standard InChI is InChI=1S/C25H31FN6OS/c1-3-7-21-28-23(22-17-10-11-30(4-2)16-20(17)34-24(22)29-21)31-12-14-32(15-13-31)25(33)27-19-9-6-5-8-18(19)26/h5-6,8-9H,3-4,7,10-16H2,1-2H3,(H,27,33). The van der Waals surface area contributed by atoms with Gasteiger partial charge < -0.3 is 15.1 Å². The molecule has 0 saturated carbocycles. The zero-order chi connectivity index (χ0) is 23.7. The zero-order valence-electron chi connectivity index (χ0n) is 19.8. The van der Waals surface area contributed by atoms with Crippen molar-refractivity contribution >= 4 is 39.1 Å². The van der Waals surface area contributed by atoms with Crippen LogP contribution in [0.2, 0.25) is 0 Å². The van der Waals surface area contributed by atoms with Crippen molar-refractivity contribution in [2.45, 2.75) is 39.7 Å². The average molecular weight is 483 g/mol. The Kier molecular flexibility index (Phi) is 6.65.